The number of ether oxygens (including phenoxy) is 1. The standard InChI is InChI=1S/C21H20N4O2S/c1-13-22-10-16(23-13)12-25-6-7-27-20-15(11-25)8-14(9-18(20)26)21-24-17-4-2-3-5-19(17)28-21/h2-5,8-10,26H,6-7,11-12H2,1H3,(H,22,23). The van der Waals surface area contributed by atoms with Gasteiger partial charge in [0.2, 0.25) is 0 Å². The van der Waals surface area contributed by atoms with Crippen molar-refractivity contribution in [1.82, 2.24) is 19.9 Å². The Morgan fingerprint density at radius 1 is 1.29 bits per heavy atom. The van der Waals surface area contributed by atoms with Crippen LogP contribution in [0.5, 0.6) is 11.5 Å². The molecule has 28 heavy (non-hydrogen) atoms. The van der Waals surface area contributed by atoms with Crippen LogP contribution in [-0.4, -0.2) is 38.1 Å². The van der Waals surface area contributed by atoms with Gasteiger partial charge in [-0.1, -0.05) is 12.1 Å². The molecule has 0 saturated carbocycles. The van der Waals surface area contributed by atoms with E-state index in [1.807, 2.05) is 31.3 Å². The first-order valence-corrected chi connectivity index (χ1v) is 10.0. The summed E-state index contributed by atoms with van der Waals surface area (Å²) in [5.74, 6) is 1.66. The Morgan fingerprint density at radius 2 is 2.18 bits per heavy atom. The van der Waals surface area contributed by atoms with E-state index in [1.54, 1.807) is 17.4 Å². The van der Waals surface area contributed by atoms with Crippen LogP contribution in [0.4, 0.5) is 0 Å². The number of fused-ring (bicyclic) bond motifs is 2. The summed E-state index contributed by atoms with van der Waals surface area (Å²) in [5.41, 5.74) is 3.94. The molecule has 1 aliphatic heterocycles. The fraction of sp³-hybridized carbons (Fsp3) is 0.238. The number of nitrogens with one attached hydrogen (secondary N) is 1. The SMILES string of the molecule is Cc1ncc(CN2CCOc3c(O)cc(-c4nc5ccccc5s4)cc3C2)[nH]1. The Labute approximate surface area is 166 Å². The van der Waals surface area contributed by atoms with Gasteiger partial charge in [-0.25, -0.2) is 9.97 Å². The minimum absolute atomic E-state index is 0.172. The lowest BCUT2D eigenvalue weighted by Crippen LogP contribution is -2.25. The highest BCUT2D eigenvalue weighted by Crippen LogP contribution is 2.39. The topological polar surface area (TPSA) is 74.3 Å². The van der Waals surface area contributed by atoms with Crippen LogP contribution in [0.25, 0.3) is 20.8 Å². The molecule has 5 rings (SSSR count). The van der Waals surface area contributed by atoms with E-state index in [4.69, 9.17) is 9.72 Å². The molecule has 0 unspecified atom stereocenters. The lowest BCUT2D eigenvalue weighted by molar-refractivity contribution is 0.215. The lowest BCUT2D eigenvalue weighted by Gasteiger charge is -2.18. The van der Waals surface area contributed by atoms with Crippen LogP contribution >= 0.6 is 11.3 Å². The molecule has 2 aromatic heterocycles. The smallest absolute Gasteiger partial charge is 0.165 e. The van der Waals surface area contributed by atoms with E-state index < -0.39 is 0 Å². The first-order valence-electron chi connectivity index (χ1n) is 9.23. The Bertz CT molecular complexity index is 1120. The summed E-state index contributed by atoms with van der Waals surface area (Å²) in [7, 11) is 0. The maximum absolute atomic E-state index is 10.6. The maximum Gasteiger partial charge on any atom is 0.165 e. The first-order chi connectivity index (χ1) is 13.7. The second-order valence-corrected chi connectivity index (χ2v) is 8.05. The number of aromatic nitrogens is 3. The highest BCUT2D eigenvalue weighted by Gasteiger charge is 2.21. The van der Waals surface area contributed by atoms with Gasteiger partial charge in [0.25, 0.3) is 0 Å². The second-order valence-electron chi connectivity index (χ2n) is 7.02. The van der Waals surface area contributed by atoms with Gasteiger partial charge in [0.15, 0.2) is 11.5 Å². The molecule has 2 N–H and O–H groups in total. The van der Waals surface area contributed by atoms with Gasteiger partial charge in [-0.3, -0.25) is 4.90 Å². The molecule has 0 saturated heterocycles. The predicted octanol–water partition coefficient (Wildman–Crippen LogP) is 4.10. The highest BCUT2D eigenvalue weighted by molar-refractivity contribution is 7.21. The number of hydrogen-bond acceptors (Lipinski definition) is 6. The molecule has 3 heterocycles. The van der Waals surface area contributed by atoms with E-state index in [9.17, 15) is 5.11 Å². The van der Waals surface area contributed by atoms with Gasteiger partial charge in [-0.05, 0) is 31.2 Å². The molecule has 7 heteroatoms. The van der Waals surface area contributed by atoms with Crippen LogP contribution in [0, 0.1) is 6.92 Å². The number of benzene rings is 2. The number of aromatic hydroxyl groups is 1. The molecule has 0 bridgehead atoms. The monoisotopic (exact) mass is 392 g/mol. The number of imidazole rings is 1. The number of nitrogens with zero attached hydrogens (tertiary/aromatic N) is 3. The van der Waals surface area contributed by atoms with Crippen molar-refractivity contribution in [2.24, 2.45) is 0 Å². The van der Waals surface area contributed by atoms with Crippen LogP contribution in [0.15, 0.2) is 42.6 Å². The summed E-state index contributed by atoms with van der Waals surface area (Å²) in [5, 5.41) is 11.5. The zero-order chi connectivity index (χ0) is 19.1. The molecule has 1 aliphatic rings. The number of H-pyrrole nitrogens is 1. The second kappa shape index (κ2) is 6.92. The lowest BCUT2D eigenvalue weighted by atomic mass is 10.1. The van der Waals surface area contributed by atoms with Crippen molar-refractivity contribution in [2.45, 2.75) is 20.0 Å². The Morgan fingerprint density at radius 3 is 3.00 bits per heavy atom. The number of hydrogen-bond donors (Lipinski definition) is 2. The summed E-state index contributed by atoms with van der Waals surface area (Å²) in [6.45, 7) is 4.72. The summed E-state index contributed by atoms with van der Waals surface area (Å²) < 4.78 is 7.01. The number of aromatic amines is 1. The van der Waals surface area contributed by atoms with Crippen molar-refractivity contribution in [3.8, 4) is 22.1 Å². The molecule has 6 nitrogen and oxygen atoms in total. The van der Waals surface area contributed by atoms with E-state index >= 15 is 0 Å². The third-order valence-corrected chi connectivity index (χ3v) is 5.97. The van der Waals surface area contributed by atoms with E-state index in [0.29, 0.717) is 18.9 Å². The van der Waals surface area contributed by atoms with Gasteiger partial charge in [0, 0.05) is 42.7 Å². The van der Waals surface area contributed by atoms with Crippen molar-refractivity contribution in [2.75, 3.05) is 13.2 Å². The van der Waals surface area contributed by atoms with Crippen molar-refractivity contribution in [3.63, 3.8) is 0 Å². The largest absolute Gasteiger partial charge is 0.504 e. The zero-order valence-corrected chi connectivity index (χ0v) is 16.3. The van der Waals surface area contributed by atoms with Crippen LogP contribution < -0.4 is 4.74 Å². The molecule has 4 aromatic rings. The maximum atomic E-state index is 10.6. The molecule has 0 amide bonds. The van der Waals surface area contributed by atoms with Crippen LogP contribution in [0.2, 0.25) is 0 Å². The van der Waals surface area contributed by atoms with Gasteiger partial charge in [0.05, 0.1) is 10.2 Å². The molecular weight excluding hydrogens is 372 g/mol. The number of para-hydroxylation sites is 1. The van der Waals surface area contributed by atoms with Crippen molar-refractivity contribution in [1.29, 1.82) is 0 Å². The summed E-state index contributed by atoms with van der Waals surface area (Å²) >= 11 is 1.63. The third-order valence-electron chi connectivity index (χ3n) is 4.88. The average Bonchev–Trinajstić information content (AvgIpc) is 3.23. The average molecular weight is 392 g/mol. The number of aryl methyl sites for hydroxylation is 1. The molecule has 0 atom stereocenters. The molecule has 0 aliphatic carbocycles. The van der Waals surface area contributed by atoms with Gasteiger partial charge >= 0.3 is 0 Å². The minimum atomic E-state index is 0.172. The molecule has 142 valence electrons. The summed E-state index contributed by atoms with van der Waals surface area (Å²) in [6, 6.07) is 11.9. The van der Waals surface area contributed by atoms with Crippen molar-refractivity contribution in [3.05, 3.63) is 59.7 Å². The summed E-state index contributed by atoms with van der Waals surface area (Å²) in [6.07, 6.45) is 1.87. The first kappa shape index (κ1) is 17.2. The van der Waals surface area contributed by atoms with Crippen molar-refractivity contribution < 1.29 is 9.84 Å². The number of thiazole rings is 1. The Hall–Kier alpha value is -2.90. The van der Waals surface area contributed by atoms with E-state index in [-0.39, 0.29) is 5.75 Å². The molecule has 0 radical (unpaired) electrons. The van der Waals surface area contributed by atoms with Gasteiger partial charge in [0.1, 0.15) is 17.4 Å². The van der Waals surface area contributed by atoms with Gasteiger partial charge in [-0.15, -0.1) is 11.3 Å². The highest BCUT2D eigenvalue weighted by atomic mass is 32.1. The fourth-order valence-electron chi connectivity index (χ4n) is 3.60. The zero-order valence-electron chi connectivity index (χ0n) is 15.5. The predicted molar refractivity (Wildman–Crippen MR) is 110 cm³/mol. The normalized spacial score (nSPS) is 14.6. The molecular formula is C21H20N4O2S. The van der Waals surface area contributed by atoms with Crippen LogP contribution in [0.3, 0.4) is 0 Å². The van der Waals surface area contributed by atoms with E-state index in [2.05, 4.69) is 27.0 Å². The van der Waals surface area contributed by atoms with Crippen LogP contribution in [0.1, 0.15) is 17.1 Å². The van der Waals surface area contributed by atoms with Crippen molar-refractivity contribution >= 4 is 21.6 Å². The van der Waals surface area contributed by atoms with Gasteiger partial charge < -0.3 is 14.8 Å². The number of rotatable bonds is 3. The van der Waals surface area contributed by atoms with E-state index in [1.165, 1.54) is 0 Å². The number of phenolic OH excluding ortho intramolecular Hbond substituents is 1. The summed E-state index contributed by atoms with van der Waals surface area (Å²) in [4.78, 5) is 14.6. The quantitative estimate of drug-likeness (QED) is 0.549. The number of phenols is 1. The third kappa shape index (κ3) is 3.23. The van der Waals surface area contributed by atoms with Gasteiger partial charge in [-0.2, -0.15) is 0 Å². The Balaban J connectivity index is 1.49. The minimum Gasteiger partial charge on any atom is -0.504 e. The fourth-order valence-corrected chi connectivity index (χ4v) is 4.55. The Kier molecular flexibility index (Phi) is 4.26. The molecule has 0 fully saturated rings. The molecule has 0 spiro atoms. The molecule has 2 aromatic carbocycles. The van der Waals surface area contributed by atoms with E-state index in [0.717, 1.165) is 51.0 Å². The van der Waals surface area contributed by atoms with Crippen LogP contribution in [-0.2, 0) is 13.1 Å².